The minimum atomic E-state index is -0.153. The van der Waals surface area contributed by atoms with Crippen LogP contribution in [0, 0.1) is 6.92 Å². The first kappa shape index (κ1) is 14.7. The average Bonchev–Trinajstić information content (AvgIpc) is 2.95. The fraction of sp³-hybridized carbons (Fsp3) is 0.125. The monoisotopic (exact) mass is 309 g/mol. The van der Waals surface area contributed by atoms with E-state index in [0.717, 1.165) is 5.69 Å². The van der Waals surface area contributed by atoms with Crippen molar-refractivity contribution in [1.82, 2.24) is 20.2 Å². The van der Waals surface area contributed by atoms with E-state index in [2.05, 4.69) is 25.5 Å². The number of pyridine rings is 2. The largest absolute Gasteiger partial charge is 0.437 e. The number of ether oxygens (including phenoxy) is 1. The maximum Gasteiger partial charge on any atom is 0.230 e. The number of rotatable bonds is 5. The number of hydrogen-bond acceptors (Lipinski definition) is 5. The van der Waals surface area contributed by atoms with Gasteiger partial charge in [0.25, 0.3) is 0 Å². The molecule has 0 fully saturated rings. The van der Waals surface area contributed by atoms with Crippen LogP contribution in [0.3, 0.4) is 0 Å². The van der Waals surface area contributed by atoms with Crippen LogP contribution in [-0.2, 0) is 11.2 Å². The van der Waals surface area contributed by atoms with E-state index in [0.29, 0.717) is 23.0 Å². The molecular formula is C16H15N5O2. The van der Waals surface area contributed by atoms with Crippen LogP contribution in [0.15, 0.2) is 48.9 Å². The molecule has 1 amide bonds. The molecule has 0 bridgehead atoms. The molecule has 0 unspecified atom stereocenters. The highest BCUT2D eigenvalue weighted by molar-refractivity contribution is 5.91. The molecule has 3 aromatic rings. The summed E-state index contributed by atoms with van der Waals surface area (Å²) in [6.07, 6.45) is 5.01. The van der Waals surface area contributed by atoms with Crippen molar-refractivity contribution in [3.63, 3.8) is 0 Å². The normalized spacial score (nSPS) is 10.3. The third kappa shape index (κ3) is 4.13. The summed E-state index contributed by atoms with van der Waals surface area (Å²) >= 11 is 0. The smallest absolute Gasteiger partial charge is 0.230 e. The van der Waals surface area contributed by atoms with Crippen LogP contribution in [0.5, 0.6) is 11.6 Å². The Hall–Kier alpha value is -3.22. The SMILES string of the molecule is Cc1cc(CC(=O)Nc2ccc(Oc3cccnc3)nc2)n[nH]1. The van der Waals surface area contributed by atoms with Crippen molar-refractivity contribution in [2.75, 3.05) is 5.32 Å². The van der Waals surface area contributed by atoms with Gasteiger partial charge in [-0.2, -0.15) is 5.10 Å². The minimum Gasteiger partial charge on any atom is -0.437 e. The van der Waals surface area contributed by atoms with E-state index in [1.165, 1.54) is 0 Å². The number of aromatic nitrogens is 4. The number of aryl methyl sites for hydroxylation is 1. The average molecular weight is 309 g/mol. The lowest BCUT2D eigenvalue weighted by atomic mass is 10.2. The first-order chi connectivity index (χ1) is 11.2. The number of nitrogens with zero attached hydrogens (tertiary/aromatic N) is 3. The van der Waals surface area contributed by atoms with Crippen molar-refractivity contribution in [1.29, 1.82) is 0 Å². The van der Waals surface area contributed by atoms with E-state index in [1.807, 2.05) is 13.0 Å². The van der Waals surface area contributed by atoms with Crippen molar-refractivity contribution in [2.45, 2.75) is 13.3 Å². The van der Waals surface area contributed by atoms with Gasteiger partial charge in [-0.25, -0.2) is 4.98 Å². The summed E-state index contributed by atoms with van der Waals surface area (Å²) in [7, 11) is 0. The van der Waals surface area contributed by atoms with Crippen LogP contribution in [0.2, 0.25) is 0 Å². The van der Waals surface area contributed by atoms with Crippen molar-refractivity contribution in [3.05, 3.63) is 60.3 Å². The van der Waals surface area contributed by atoms with Gasteiger partial charge in [-0.3, -0.25) is 14.9 Å². The van der Waals surface area contributed by atoms with Crippen LogP contribution in [0.25, 0.3) is 0 Å². The molecule has 2 N–H and O–H groups in total. The predicted molar refractivity (Wildman–Crippen MR) is 84.2 cm³/mol. The molecule has 0 saturated carbocycles. The zero-order chi connectivity index (χ0) is 16.1. The Labute approximate surface area is 132 Å². The first-order valence-electron chi connectivity index (χ1n) is 7.04. The highest BCUT2D eigenvalue weighted by Crippen LogP contribution is 2.19. The zero-order valence-corrected chi connectivity index (χ0v) is 12.5. The van der Waals surface area contributed by atoms with Gasteiger partial charge in [0.1, 0.15) is 5.75 Å². The van der Waals surface area contributed by atoms with Gasteiger partial charge in [0.05, 0.1) is 30.2 Å². The molecule has 0 aliphatic rings. The fourth-order valence-corrected chi connectivity index (χ4v) is 1.98. The Bertz CT molecular complexity index is 784. The number of nitrogens with one attached hydrogen (secondary N) is 2. The van der Waals surface area contributed by atoms with Crippen LogP contribution in [-0.4, -0.2) is 26.1 Å². The Morgan fingerprint density at radius 2 is 2.22 bits per heavy atom. The first-order valence-corrected chi connectivity index (χ1v) is 7.04. The fourth-order valence-electron chi connectivity index (χ4n) is 1.98. The van der Waals surface area contributed by atoms with Crippen molar-refractivity contribution >= 4 is 11.6 Å². The van der Waals surface area contributed by atoms with Gasteiger partial charge >= 0.3 is 0 Å². The third-order valence-corrected chi connectivity index (χ3v) is 2.98. The number of carbonyl (C=O) groups is 1. The summed E-state index contributed by atoms with van der Waals surface area (Å²) in [5.41, 5.74) is 2.22. The van der Waals surface area contributed by atoms with Crippen LogP contribution < -0.4 is 10.1 Å². The number of hydrogen-bond donors (Lipinski definition) is 2. The summed E-state index contributed by atoms with van der Waals surface area (Å²) in [4.78, 5) is 20.0. The molecule has 0 spiro atoms. The van der Waals surface area contributed by atoms with Crippen LogP contribution in [0.4, 0.5) is 5.69 Å². The van der Waals surface area contributed by atoms with Gasteiger partial charge < -0.3 is 10.1 Å². The van der Waals surface area contributed by atoms with E-state index in [4.69, 9.17) is 4.74 Å². The molecule has 7 nitrogen and oxygen atoms in total. The van der Waals surface area contributed by atoms with Gasteiger partial charge in [0.2, 0.25) is 11.8 Å². The predicted octanol–water partition coefficient (Wildman–Crippen LogP) is 2.48. The Balaban J connectivity index is 1.57. The molecule has 7 heteroatoms. The van der Waals surface area contributed by atoms with E-state index in [9.17, 15) is 4.79 Å². The van der Waals surface area contributed by atoms with Gasteiger partial charge in [-0.05, 0) is 31.2 Å². The van der Waals surface area contributed by atoms with E-state index < -0.39 is 0 Å². The Kier molecular flexibility index (Phi) is 4.28. The van der Waals surface area contributed by atoms with Gasteiger partial charge in [-0.15, -0.1) is 0 Å². The molecule has 116 valence electrons. The lowest BCUT2D eigenvalue weighted by Crippen LogP contribution is -2.14. The van der Waals surface area contributed by atoms with Crippen LogP contribution >= 0.6 is 0 Å². The molecule has 0 atom stereocenters. The number of carbonyl (C=O) groups excluding carboxylic acids is 1. The summed E-state index contributed by atoms with van der Waals surface area (Å²) in [5.74, 6) is 0.879. The van der Waals surface area contributed by atoms with Gasteiger partial charge in [0.15, 0.2) is 0 Å². The third-order valence-electron chi connectivity index (χ3n) is 2.98. The molecule has 0 aliphatic heterocycles. The molecular weight excluding hydrogens is 294 g/mol. The molecule has 3 aromatic heterocycles. The minimum absolute atomic E-state index is 0.153. The summed E-state index contributed by atoms with van der Waals surface area (Å²) in [5, 5.41) is 9.60. The quantitative estimate of drug-likeness (QED) is 0.755. The molecule has 3 heterocycles. The van der Waals surface area contributed by atoms with Crippen molar-refractivity contribution in [2.24, 2.45) is 0 Å². The van der Waals surface area contributed by atoms with E-state index in [1.54, 1.807) is 42.9 Å². The lowest BCUT2D eigenvalue weighted by molar-refractivity contribution is -0.115. The molecule has 0 aromatic carbocycles. The molecule has 0 radical (unpaired) electrons. The number of anilines is 1. The Morgan fingerprint density at radius 1 is 1.30 bits per heavy atom. The lowest BCUT2D eigenvalue weighted by Gasteiger charge is -2.06. The maximum atomic E-state index is 11.9. The highest BCUT2D eigenvalue weighted by atomic mass is 16.5. The van der Waals surface area contributed by atoms with Crippen molar-refractivity contribution < 1.29 is 9.53 Å². The molecule has 3 rings (SSSR count). The van der Waals surface area contributed by atoms with E-state index >= 15 is 0 Å². The second-order valence-electron chi connectivity index (χ2n) is 4.94. The highest BCUT2D eigenvalue weighted by Gasteiger charge is 2.07. The molecule has 0 aliphatic carbocycles. The van der Waals surface area contributed by atoms with Gasteiger partial charge in [0, 0.05) is 18.0 Å². The standard InChI is InChI=1S/C16H15N5O2/c1-11-7-13(21-20-11)8-15(22)19-12-4-5-16(18-9-12)23-14-3-2-6-17-10-14/h2-7,9-10H,8H2,1H3,(H,19,22)(H,20,21). The number of amides is 1. The molecule has 0 saturated heterocycles. The topological polar surface area (TPSA) is 92.8 Å². The second-order valence-corrected chi connectivity index (χ2v) is 4.94. The van der Waals surface area contributed by atoms with Crippen molar-refractivity contribution in [3.8, 4) is 11.6 Å². The van der Waals surface area contributed by atoms with Gasteiger partial charge in [-0.1, -0.05) is 0 Å². The second kappa shape index (κ2) is 6.69. The summed E-state index contributed by atoms with van der Waals surface area (Å²) in [6.45, 7) is 1.89. The van der Waals surface area contributed by atoms with Crippen LogP contribution in [0.1, 0.15) is 11.4 Å². The number of aromatic amines is 1. The maximum absolute atomic E-state index is 11.9. The summed E-state index contributed by atoms with van der Waals surface area (Å²) in [6, 6.07) is 8.81. The molecule has 23 heavy (non-hydrogen) atoms. The summed E-state index contributed by atoms with van der Waals surface area (Å²) < 4.78 is 5.54. The zero-order valence-electron chi connectivity index (χ0n) is 12.5. The Morgan fingerprint density at radius 3 is 2.87 bits per heavy atom. The van der Waals surface area contributed by atoms with E-state index in [-0.39, 0.29) is 12.3 Å². The number of H-pyrrole nitrogens is 1.